The minimum Gasteiger partial charge on any atom is -0.308 e. The third-order valence-corrected chi connectivity index (χ3v) is 2.90. The molecule has 0 aliphatic carbocycles. The molecule has 98 valence electrons. The van der Waals surface area contributed by atoms with E-state index in [1.54, 1.807) is 0 Å². The van der Waals surface area contributed by atoms with E-state index in [1.807, 2.05) is 29.5 Å². The van der Waals surface area contributed by atoms with Gasteiger partial charge >= 0.3 is 0 Å². The van der Waals surface area contributed by atoms with E-state index in [-0.39, 0.29) is 0 Å². The van der Waals surface area contributed by atoms with E-state index in [2.05, 4.69) is 34.8 Å². The van der Waals surface area contributed by atoms with Crippen LogP contribution >= 0.6 is 0 Å². The Bertz CT molecular complexity index is 497. The number of rotatable bonds is 6. The second-order valence-corrected chi connectivity index (χ2v) is 4.63. The molecule has 18 heavy (non-hydrogen) atoms. The van der Waals surface area contributed by atoms with Crippen LogP contribution in [-0.4, -0.2) is 19.6 Å². The molecular formula is C13H21N5. The van der Waals surface area contributed by atoms with Gasteiger partial charge in [0.15, 0.2) is 0 Å². The van der Waals surface area contributed by atoms with Crippen LogP contribution in [0.1, 0.15) is 30.2 Å². The normalized spacial score (nSPS) is 11.1. The van der Waals surface area contributed by atoms with Crippen molar-refractivity contribution in [1.29, 1.82) is 0 Å². The molecule has 1 N–H and O–H groups in total. The van der Waals surface area contributed by atoms with Gasteiger partial charge in [0.1, 0.15) is 0 Å². The van der Waals surface area contributed by atoms with Gasteiger partial charge in [-0.1, -0.05) is 6.92 Å². The van der Waals surface area contributed by atoms with E-state index in [9.17, 15) is 0 Å². The number of hydrogen-bond donors (Lipinski definition) is 1. The van der Waals surface area contributed by atoms with Gasteiger partial charge in [0, 0.05) is 50.2 Å². The first-order valence-electron chi connectivity index (χ1n) is 6.40. The van der Waals surface area contributed by atoms with Crippen molar-refractivity contribution in [2.45, 2.75) is 39.9 Å². The van der Waals surface area contributed by atoms with Gasteiger partial charge in [-0.3, -0.25) is 9.36 Å². The van der Waals surface area contributed by atoms with E-state index in [0.29, 0.717) is 0 Å². The lowest BCUT2D eigenvalue weighted by molar-refractivity contribution is 0.601. The Morgan fingerprint density at radius 1 is 1.28 bits per heavy atom. The smallest absolute Gasteiger partial charge is 0.0638 e. The maximum Gasteiger partial charge on any atom is 0.0638 e. The van der Waals surface area contributed by atoms with Gasteiger partial charge in [-0.05, 0) is 13.3 Å². The minimum atomic E-state index is 0.845. The highest BCUT2D eigenvalue weighted by Gasteiger charge is 2.03. The largest absolute Gasteiger partial charge is 0.308 e. The fraction of sp³-hybridized carbons (Fsp3) is 0.538. The molecule has 2 rings (SSSR count). The Morgan fingerprint density at radius 2 is 2.11 bits per heavy atom. The van der Waals surface area contributed by atoms with Crippen molar-refractivity contribution < 1.29 is 0 Å². The number of aromatic nitrogens is 4. The van der Waals surface area contributed by atoms with Crippen LogP contribution in [-0.2, 0) is 26.7 Å². The molecule has 0 aliphatic rings. The summed E-state index contributed by atoms with van der Waals surface area (Å²) in [5.41, 5.74) is 3.56. The Hall–Kier alpha value is -1.62. The van der Waals surface area contributed by atoms with Crippen molar-refractivity contribution in [3.63, 3.8) is 0 Å². The van der Waals surface area contributed by atoms with Gasteiger partial charge in [0.2, 0.25) is 0 Å². The molecule has 0 spiro atoms. The highest BCUT2D eigenvalue weighted by molar-refractivity contribution is 5.15. The zero-order valence-electron chi connectivity index (χ0n) is 11.3. The quantitative estimate of drug-likeness (QED) is 0.844. The molecule has 0 saturated heterocycles. The summed E-state index contributed by atoms with van der Waals surface area (Å²) in [6, 6.07) is 0. The Balaban J connectivity index is 1.82. The zero-order valence-corrected chi connectivity index (χ0v) is 11.3. The van der Waals surface area contributed by atoms with Gasteiger partial charge in [-0.25, -0.2) is 0 Å². The Morgan fingerprint density at radius 3 is 2.78 bits per heavy atom. The molecule has 2 aromatic heterocycles. The fourth-order valence-corrected chi connectivity index (χ4v) is 2.01. The lowest BCUT2D eigenvalue weighted by Crippen LogP contribution is -2.12. The molecule has 0 unspecified atom stereocenters. The first-order valence-corrected chi connectivity index (χ1v) is 6.40. The van der Waals surface area contributed by atoms with Gasteiger partial charge in [-0.15, -0.1) is 0 Å². The molecular weight excluding hydrogens is 226 g/mol. The van der Waals surface area contributed by atoms with Crippen molar-refractivity contribution in [3.8, 4) is 0 Å². The summed E-state index contributed by atoms with van der Waals surface area (Å²) < 4.78 is 3.85. The highest BCUT2D eigenvalue weighted by atomic mass is 15.3. The van der Waals surface area contributed by atoms with Crippen LogP contribution in [0.25, 0.3) is 0 Å². The molecule has 0 saturated carbocycles. The molecule has 0 aliphatic heterocycles. The lowest BCUT2D eigenvalue weighted by atomic mass is 10.2. The molecule has 0 aromatic carbocycles. The van der Waals surface area contributed by atoms with E-state index < -0.39 is 0 Å². The number of nitrogens with zero attached hydrogens (tertiary/aromatic N) is 4. The van der Waals surface area contributed by atoms with E-state index in [0.717, 1.165) is 31.7 Å². The van der Waals surface area contributed by atoms with Gasteiger partial charge in [0.25, 0.3) is 0 Å². The first kappa shape index (κ1) is 12.8. The average Bonchev–Trinajstić information content (AvgIpc) is 2.87. The summed E-state index contributed by atoms with van der Waals surface area (Å²) in [5.74, 6) is 0. The molecule has 0 radical (unpaired) electrons. The summed E-state index contributed by atoms with van der Waals surface area (Å²) >= 11 is 0. The summed E-state index contributed by atoms with van der Waals surface area (Å²) in [6.45, 7) is 6.87. The summed E-state index contributed by atoms with van der Waals surface area (Å²) in [6.07, 6.45) is 7.21. The van der Waals surface area contributed by atoms with Crippen LogP contribution in [0.15, 0.2) is 18.6 Å². The Kier molecular flexibility index (Phi) is 4.15. The molecule has 0 atom stereocenters. The van der Waals surface area contributed by atoms with E-state index in [4.69, 9.17) is 0 Å². The topological polar surface area (TPSA) is 47.7 Å². The monoisotopic (exact) mass is 247 g/mol. The number of hydrogen-bond acceptors (Lipinski definition) is 3. The van der Waals surface area contributed by atoms with Crippen molar-refractivity contribution in [3.05, 3.63) is 35.4 Å². The minimum absolute atomic E-state index is 0.845. The molecule has 0 amide bonds. The van der Waals surface area contributed by atoms with Crippen LogP contribution in [0.2, 0.25) is 0 Å². The second kappa shape index (κ2) is 5.82. The van der Waals surface area contributed by atoms with Gasteiger partial charge in [-0.2, -0.15) is 10.2 Å². The van der Waals surface area contributed by atoms with Crippen molar-refractivity contribution >= 4 is 0 Å². The molecule has 5 heteroatoms. The Labute approximate surface area is 108 Å². The lowest BCUT2D eigenvalue weighted by Gasteiger charge is -2.01. The standard InChI is InChI=1S/C13H21N5/c1-4-5-18-9-12(7-15-18)6-14-8-13-10-17(3)16-11(13)2/h7,9-10,14H,4-6,8H2,1-3H3. The summed E-state index contributed by atoms with van der Waals surface area (Å²) in [4.78, 5) is 0. The summed E-state index contributed by atoms with van der Waals surface area (Å²) in [7, 11) is 1.95. The van der Waals surface area contributed by atoms with E-state index >= 15 is 0 Å². The number of aryl methyl sites for hydroxylation is 3. The van der Waals surface area contributed by atoms with Gasteiger partial charge in [0.05, 0.1) is 11.9 Å². The van der Waals surface area contributed by atoms with Crippen LogP contribution in [0.4, 0.5) is 0 Å². The van der Waals surface area contributed by atoms with Crippen molar-refractivity contribution in [2.75, 3.05) is 0 Å². The van der Waals surface area contributed by atoms with Gasteiger partial charge < -0.3 is 5.32 Å². The predicted molar refractivity (Wildman–Crippen MR) is 71.0 cm³/mol. The molecule has 5 nitrogen and oxygen atoms in total. The highest BCUT2D eigenvalue weighted by Crippen LogP contribution is 2.05. The zero-order chi connectivity index (χ0) is 13.0. The van der Waals surface area contributed by atoms with Crippen LogP contribution in [0.5, 0.6) is 0 Å². The third kappa shape index (κ3) is 3.20. The predicted octanol–water partition coefficient (Wildman–Crippen LogP) is 1.62. The second-order valence-electron chi connectivity index (χ2n) is 4.63. The SMILES string of the molecule is CCCn1cc(CNCc2cn(C)nc2C)cn1. The summed E-state index contributed by atoms with van der Waals surface area (Å²) in [5, 5.41) is 12.1. The fourth-order valence-electron chi connectivity index (χ4n) is 2.01. The van der Waals surface area contributed by atoms with E-state index in [1.165, 1.54) is 11.1 Å². The number of nitrogens with one attached hydrogen (secondary N) is 1. The van der Waals surface area contributed by atoms with Crippen molar-refractivity contribution in [2.24, 2.45) is 7.05 Å². The molecule has 0 bridgehead atoms. The van der Waals surface area contributed by atoms with Crippen LogP contribution < -0.4 is 5.32 Å². The van der Waals surface area contributed by atoms with Crippen LogP contribution in [0.3, 0.4) is 0 Å². The maximum atomic E-state index is 4.33. The first-order chi connectivity index (χ1) is 8.69. The third-order valence-electron chi connectivity index (χ3n) is 2.90. The molecule has 2 heterocycles. The van der Waals surface area contributed by atoms with Crippen LogP contribution in [0, 0.1) is 6.92 Å². The molecule has 0 fully saturated rings. The molecule has 2 aromatic rings. The van der Waals surface area contributed by atoms with Crippen molar-refractivity contribution in [1.82, 2.24) is 24.9 Å². The average molecular weight is 247 g/mol. The maximum absolute atomic E-state index is 4.33.